The quantitative estimate of drug-likeness (QED) is 0.681. The number of ether oxygens (including phenoxy) is 1. The minimum Gasteiger partial charge on any atom is -0.394 e. The second-order valence-electron chi connectivity index (χ2n) is 5.90. The maximum Gasteiger partial charge on any atom is 0.416 e. The van der Waals surface area contributed by atoms with Crippen LogP contribution >= 0.6 is 0 Å². The van der Waals surface area contributed by atoms with Crippen LogP contribution < -0.4 is 10.6 Å². The van der Waals surface area contributed by atoms with Crippen LogP contribution in [0.25, 0.3) is 0 Å². The van der Waals surface area contributed by atoms with E-state index in [4.69, 9.17) is 9.84 Å². The number of amides is 2. The Labute approximate surface area is 155 Å². The number of carbonyl (C=O) groups excluding carboxylic acids is 1. The van der Waals surface area contributed by atoms with Crippen LogP contribution in [-0.2, 0) is 10.9 Å². The molecule has 1 atom stereocenters. The second kappa shape index (κ2) is 9.38. The van der Waals surface area contributed by atoms with E-state index in [1.807, 2.05) is 31.2 Å². The van der Waals surface area contributed by atoms with Crippen molar-refractivity contribution in [2.45, 2.75) is 19.2 Å². The van der Waals surface area contributed by atoms with Crippen molar-refractivity contribution in [3.8, 4) is 0 Å². The van der Waals surface area contributed by atoms with Gasteiger partial charge in [0, 0.05) is 12.2 Å². The van der Waals surface area contributed by atoms with Crippen molar-refractivity contribution in [2.75, 3.05) is 25.1 Å². The van der Waals surface area contributed by atoms with Gasteiger partial charge in [-0.1, -0.05) is 29.8 Å². The first kappa shape index (κ1) is 20.7. The first-order valence-corrected chi connectivity index (χ1v) is 8.30. The molecule has 146 valence electrons. The van der Waals surface area contributed by atoms with Crippen LogP contribution in [0.1, 0.15) is 22.8 Å². The van der Waals surface area contributed by atoms with Gasteiger partial charge in [-0.3, -0.25) is 0 Å². The lowest BCUT2D eigenvalue weighted by atomic mass is 10.1. The number of nitrogens with one attached hydrogen (secondary N) is 2. The molecule has 0 aromatic heterocycles. The Kier molecular flexibility index (Phi) is 7.20. The van der Waals surface area contributed by atoms with Crippen molar-refractivity contribution >= 4 is 11.7 Å². The summed E-state index contributed by atoms with van der Waals surface area (Å²) in [6, 6.07) is 11.1. The molecule has 2 aromatic carbocycles. The van der Waals surface area contributed by atoms with Gasteiger partial charge >= 0.3 is 12.2 Å². The Balaban J connectivity index is 1.93. The van der Waals surface area contributed by atoms with Crippen LogP contribution in [0.2, 0.25) is 0 Å². The highest BCUT2D eigenvalue weighted by molar-refractivity contribution is 5.89. The van der Waals surface area contributed by atoms with E-state index >= 15 is 0 Å². The van der Waals surface area contributed by atoms with Gasteiger partial charge in [-0.2, -0.15) is 13.2 Å². The van der Waals surface area contributed by atoms with Gasteiger partial charge in [-0.15, -0.1) is 0 Å². The molecule has 0 aliphatic heterocycles. The number of aliphatic hydroxyl groups is 1. The normalized spacial score (nSPS) is 12.5. The first-order valence-electron chi connectivity index (χ1n) is 8.30. The zero-order chi connectivity index (χ0) is 19.9. The van der Waals surface area contributed by atoms with Gasteiger partial charge in [0.15, 0.2) is 0 Å². The number of urea groups is 1. The maximum atomic E-state index is 12.5. The number of aliphatic hydroxyl groups excluding tert-OH is 1. The highest BCUT2D eigenvalue weighted by Gasteiger charge is 2.30. The molecule has 0 heterocycles. The van der Waals surface area contributed by atoms with Crippen molar-refractivity contribution in [3.05, 3.63) is 65.2 Å². The summed E-state index contributed by atoms with van der Waals surface area (Å²) in [5.74, 6) is 0. The van der Waals surface area contributed by atoms with E-state index < -0.39 is 23.9 Å². The fourth-order valence-corrected chi connectivity index (χ4v) is 2.35. The average molecular weight is 382 g/mol. The first-order chi connectivity index (χ1) is 12.8. The number of benzene rings is 2. The third-order valence-corrected chi connectivity index (χ3v) is 3.78. The highest BCUT2D eigenvalue weighted by Crippen LogP contribution is 2.29. The van der Waals surface area contributed by atoms with Gasteiger partial charge in [0.25, 0.3) is 0 Å². The van der Waals surface area contributed by atoms with Crippen LogP contribution in [-0.4, -0.2) is 30.9 Å². The van der Waals surface area contributed by atoms with E-state index in [1.54, 1.807) is 0 Å². The lowest BCUT2D eigenvalue weighted by Gasteiger charge is -2.19. The number of anilines is 1. The Bertz CT molecular complexity index is 731. The topological polar surface area (TPSA) is 70.6 Å². The summed E-state index contributed by atoms with van der Waals surface area (Å²) >= 11 is 0. The SMILES string of the molecule is Cc1ccc(C(CNC(=O)Nc2ccc(C(F)(F)F)cc2)OCCO)cc1. The minimum absolute atomic E-state index is 0.112. The smallest absolute Gasteiger partial charge is 0.394 e. The van der Waals surface area contributed by atoms with Gasteiger partial charge in [0.1, 0.15) is 0 Å². The summed E-state index contributed by atoms with van der Waals surface area (Å²) in [7, 11) is 0. The van der Waals surface area contributed by atoms with E-state index in [0.29, 0.717) is 0 Å². The molecular formula is C19H21F3N2O3. The predicted molar refractivity (Wildman–Crippen MR) is 95.4 cm³/mol. The largest absolute Gasteiger partial charge is 0.416 e. The van der Waals surface area contributed by atoms with E-state index in [9.17, 15) is 18.0 Å². The highest BCUT2D eigenvalue weighted by atomic mass is 19.4. The number of hydrogen-bond acceptors (Lipinski definition) is 3. The molecule has 0 bridgehead atoms. The standard InChI is InChI=1S/C19H21F3N2O3/c1-13-2-4-14(5-3-13)17(27-11-10-25)12-23-18(26)24-16-8-6-15(7-9-16)19(20,21)22/h2-9,17,25H,10-12H2,1H3,(H2,23,24,26). The molecule has 8 heteroatoms. The summed E-state index contributed by atoms with van der Waals surface area (Å²) in [6.07, 6.45) is -4.89. The van der Waals surface area contributed by atoms with Crippen LogP contribution in [0.3, 0.4) is 0 Å². The van der Waals surface area contributed by atoms with Crippen LogP contribution in [0.4, 0.5) is 23.7 Å². The third-order valence-electron chi connectivity index (χ3n) is 3.78. The second-order valence-corrected chi connectivity index (χ2v) is 5.90. The van der Waals surface area contributed by atoms with E-state index in [2.05, 4.69) is 10.6 Å². The van der Waals surface area contributed by atoms with E-state index in [1.165, 1.54) is 12.1 Å². The lowest BCUT2D eigenvalue weighted by molar-refractivity contribution is -0.137. The molecule has 0 aliphatic carbocycles. The molecule has 3 N–H and O–H groups in total. The molecule has 1 unspecified atom stereocenters. The Hall–Kier alpha value is -2.58. The van der Waals surface area contributed by atoms with Crippen molar-refractivity contribution in [3.63, 3.8) is 0 Å². The van der Waals surface area contributed by atoms with Gasteiger partial charge in [-0.25, -0.2) is 4.79 Å². The molecule has 27 heavy (non-hydrogen) atoms. The zero-order valence-corrected chi connectivity index (χ0v) is 14.7. The minimum atomic E-state index is -4.42. The number of hydrogen-bond donors (Lipinski definition) is 3. The zero-order valence-electron chi connectivity index (χ0n) is 14.7. The summed E-state index contributed by atoms with van der Waals surface area (Å²) in [6.45, 7) is 2.04. The molecule has 0 radical (unpaired) electrons. The molecule has 2 rings (SSSR count). The van der Waals surface area contributed by atoms with E-state index in [0.717, 1.165) is 23.3 Å². The van der Waals surface area contributed by atoms with Crippen molar-refractivity contribution in [1.82, 2.24) is 5.32 Å². The summed E-state index contributed by atoms with van der Waals surface area (Å²) < 4.78 is 43.2. The summed E-state index contributed by atoms with van der Waals surface area (Å²) in [5, 5.41) is 14.0. The molecule has 0 saturated carbocycles. The summed E-state index contributed by atoms with van der Waals surface area (Å²) in [4.78, 5) is 12.0. The van der Waals surface area contributed by atoms with Gasteiger partial charge in [-0.05, 0) is 36.8 Å². The Morgan fingerprint density at radius 2 is 1.74 bits per heavy atom. The molecule has 0 fully saturated rings. The van der Waals surface area contributed by atoms with Crippen molar-refractivity contribution in [1.29, 1.82) is 0 Å². The average Bonchev–Trinajstić information content (AvgIpc) is 2.62. The fourth-order valence-electron chi connectivity index (χ4n) is 2.35. The Morgan fingerprint density at radius 1 is 1.11 bits per heavy atom. The van der Waals surface area contributed by atoms with Crippen LogP contribution in [0.5, 0.6) is 0 Å². The van der Waals surface area contributed by atoms with Crippen LogP contribution in [0.15, 0.2) is 48.5 Å². The lowest BCUT2D eigenvalue weighted by Crippen LogP contribution is -2.33. The Morgan fingerprint density at radius 3 is 2.30 bits per heavy atom. The molecule has 0 aliphatic rings. The third kappa shape index (κ3) is 6.58. The van der Waals surface area contributed by atoms with Crippen LogP contribution in [0, 0.1) is 6.92 Å². The number of rotatable bonds is 7. The summed E-state index contributed by atoms with van der Waals surface area (Å²) in [5.41, 5.74) is 1.37. The molecule has 2 aromatic rings. The predicted octanol–water partition coefficient (Wildman–Crippen LogP) is 3.89. The molecule has 0 spiro atoms. The number of alkyl halides is 3. The number of halogens is 3. The van der Waals surface area contributed by atoms with Crippen molar-refractivity contribution in [2.24, 2.45) is 0 Å². The number of aryl methyl sites for hydroxylation is 1. The molecular weight excluding hydrogens is 361 g/mol. The van der Waals surface area contributed by atoms with Crippen molar-refractivity contribution < 1.29 is 27.8 Å². The van der Waals surface area contributed by atoms with Gasteiger partial charge in [0.2, 0.25) is 0 Å². The molecule has 0 saturated heterocycles. The van der Waals surface area contributed by atoms with Gasteiger partial charge in [0.05, 0.1) is 24.9 Å². The monoisotopic (exact) mass is 382 g/mol. The van der Waals surface area contributed by atoms with E-state index in [-0.39, 0.29) is 25.4 Å². The maximum absolute atomic E-state index is 12.5. The molecule has 5 nitrogen and oxygen atoms in total. The fraction of sp³-hybridized carbons (Fsp3) is 0.316. The molecule has 2 amide bonds. The number of carbonyl (C=O) groups is 1. The van der Waals surface area contributed by atoms with Gasteiger partial charge < -0.3 is 20.5 Å².